The van der Waals surface area contributed by atoms with Gasteiger partial charge in [0.15, 0.2) is 11.5 Å². The third-order valence-corrected chi connectivity index (χ3v) is 5.51. The molecule has 1 saturated heterocycles. The fourth-order valence-electron chi connectivity index (χ4n) is 3.73. The summed E-state index contributed by atoms with van der Waals surface area (Å²) >= 11 is 0. The van der Waals surface area contributed by atoms with Crippen molar-refractivity contribution in [3.8, 4) is 17.2 Å². The van der Waals surface area contributed by atoms with Gasteiger partial charge in [0.2, 0.25) is 0 Å². The molecule has 3 rings (SSSR count). The van der Waals surface area contributed by atoms with Crippen molar-refractivity contribution in [2.75, 3.05) is 53.5 Å². The molecule has 30 heavy (non-hydrogen) atoms. The smallest absolute Gasteiger partial charge is 0.160 e. The quantitative estimate of drug-likeness (QED) is 0.616. The van der Waals surface area contributed by atoms with E-state index in [0.29, 0.717) is 5.75 Å². The predicted molar refractivity (Wildman–Crippen MR) is 127 cm³/mol. The number of methoxy groups -OCH3 is 2. The summed E-state index contributed by atoms with van der Waals surface area (Å²) in [6.07, 6.45) is 3.26. The highest BCUT2D eigenvalue weighted by Gasteiger charge is 2.16. The van der Waals surface area contributed by atoms with Gasteiger partial charge in [-0.25, -0.2) is 0 Å². The van der Waals surface area contributed by atoms with E-state index in [1.165, 1.54) is 11.1 Å². The second-order valence-corrected chi connectivity index (χ2v) is 7.39. The SMILES string of the molecule is COc1ccc(CCN2CCN(CCCc3ccc(O)cc3)CC2)cc1OC.Cl.Cl. The second kappa shape index (κ2) is 13.6. The molecule has 1 heterocycles. The van der Waals surface area contributed by atoms with Gasteiger partial charge in [-0.05, 0) is 61.2 Å². The molecule has 0 amide bonds. The number of phenolic OH excluding ortho intramolecular Hbond substituents is 1. The van der Waals surface area contributed by atoms with E-state index in [1.807, 2.05) is 18.2 Å². The number of piperazine rings is 1. The zero-order valence-electron chi connectivity index (χ0n) is 17.9. The molecule has 0 unspecified atom stereocenters. The third-order valence-electron chi connectivity index (χ3n) is 5.51. The number of nitrogens with zero attached hydrogens (tertiary/aromatic N) is 2. The number of aryl methyl sites for hydroxylation is 1. The first-order chi connectivity index (χ1) is 13.7. The fraction of sp³-hybridized carbons (Fsp3) is 0.478. The number of phenols is 1. The predicted octanol–water partition coefficient (Wildman–Crippen LogP) is 4.05. The number of ether oxygens (including phenoxy) is 2. The minimum absolute atomic E-state index is 0. The van der Waals surface area contributed by atoms with Crippen LogP contribution in [0.15, 0.2) is 42.5 Å². The van der Waals surface area contributed by atoms with Gasteiger partial charge >= 0.3 is 0 Å². The van der Waals surface area contributed by atoms with E-state index in [9.17, 15) is 5.11 Å². The average molecular weight is 457 g/mol. The molecule has 1 fully saturated rings. The van der Waals surface area contributed by atoms with Crippen molar-refractivity contribution in [1.29, 1.82) is 0 Å². The Balaban J connectivity index is 0.00000225. The van der Waals surface area contributed by atoms with Crippen molar-refractivity contribution in [2.45, 2.75) is 19.3 Å². The van der Waals surface area contributed by atoms with E-state index >= 15 is 0 Å². The van der Waals surface area contributed by atoms with E-state index in [-0.39, 0.29) is 24.8 Å². The van der Waals surface area contributed by atoms with Crippen LogP contribution in [0.3, 0.4) is 0 Å². The number of hydrogen-bond donors (Lipinski definition) is 1. The van der Waals surface area contributed by atoms with Gasteiger partial charge in [0.25, 0.3) is 0 Å². The van der Waals surface area contributed by atoms with Crippen LogP contribution in [0, 0.1) is 0 Å². The van der Waals surface area contributed by atoms with Crippen molar-refractivity contribution in [3.05, 3.63) is 53.6 Å². The second-order valence-electron chi connectivity index (χ2n) is 7.39. The first-order valence-electron chi connectivity index (χ1n) is 10.1. The fourth-order valence-corrected chi connectivity index (χ4v) is 3.73. The van der Waals surface area contributed by atoms with Gasteiger partial charge in [-0.15, -0.1) is 24.8 Å². The Hall–Kier alpha value is -1.66. The molecule has 7 heteroatoms. The summed E-state index contributed by atoms with van der Waals surface area (Å²) in [5, 5.41) is 9.35. The van der Waals surface area contributed by atoms with Crippen molar-refractivity contribution < 1.29 is 14.6 Å². The van der Waals surface area contributed by atoms with E-state index in [1.54, 1.807) is 26.4 Å². The molecular formula is C23H34Cl2N2O3. The first-order valence-corrected chi connectivity index (χ1v) is 10.1. The minimum Gasteiger partial charge on any atom is -0.508 e. The summed E-state index contributed by atoms with van der Waals surface area (Å²) in [5.41, 5.74) is 2.58. The van der Waals surface area contributed by atoms with E-state index in [4.69, 9.17) is 9.47 Å². The molecule has 5 nitrogen and oxygen atoms in total. The lowest BCUT2D eigenvalue weighted by Gasteiger charge is -2.34. The van der Waals surface area contributed by atoms with Gasteiger partial charge < -0.3 is 24.4 Å². The van der Waals surface area contributed by atoms with Crippen molar-refractivity contribution in [3.63, 3.8) is 0 Å². The third kappa shape index (κ3) is 7.88. The van der Waals surface area contributed by atoms with Crippen LogP contribution in [-0.4, -0.2) is 68.4 Å². The van der Waals surface area contributed by atoms with Crippen LogP contribution >= 0.6 is 24.8 Å². The Morgan fingerprint density at radius 3 is 1.90 bits per heavy atom. The molecule has 168 valence electrons. The van der Waals surface area contributed by atoms with E-state index in [2.05, 4.69) is 21.9 Å². The molecule has 0 spiro atoms. The number of aromatic hydroxyl groups is 1. The highest BCUT2D eigenvalue weighted by molar-refractivity contribution is 5.85. The van der Waals surface area contributed by atoms with Crippen molar-refractivity contribution in [2.24, 2.45) is 0 Å². The normalized spacial score (nSPS) is 14.5. The van der Waals surface area contributed by atoms with Crippen LogP contribution in [0.2, 0.25) is 0 Å². The number of rotatable bonds is 9. The molecule has 0 atom stereocenters. The van der Waals surface area contributed by atoms with Gasteiger partial charge in [0.1, 0.15) is 5.75 Å². The van der Waals surface area contributed by atoms with Crippen LogP contribution in [0.5, 0.6) is 17.2 Å². The molecule has 2 aromatic rings. The Morgan fingerprint density at radius 2 is 1.30 bits per heavy atom. The molecule has 0 saturated carbocycles. The zero-order valence-corrected chi connectivity index (χ0v) is 19.5. The summed E-state index contributed by atoms with van der Waals surface area (Å²) in [6, 6.07) is 13.8. The topological polar surface area (TPSA) is 45.2 Å². The molecule has 0 radical (unpaired) electrons. The lowest BCUT2D eigenvalue weighted by atomic mass is 10.1. The maximum absolute atomic E-state index is 9.35. The number of benzene rings is 2. The van der Waals surface area contributed by atoms with Crippen LogP contribution in [0.1, 0.15) is 17.5 Å². The highest BCUT2D eigenvalue weighted by Crippen LogP contribution is 2.27. The molecule has 0 aromatic heterocycles. The zero-order chi connectivity index (χ0) is 19.8. The summed E-state index contributed by atoms with van der Waals surface area (Å²) < 4.78 is 10.7. The maximum Gasteiger partial charge on any atom is 0.160 e. The Labute approximate surface area is 192 Å². The van der Waals surface area contributed by atoms with E-state index < -0.39 is 0 Å². The monoisotopic (exact) mass is 456 g/mol. The Morgan fingerprint density at radius 1 is 0.733 bits per heavy atom. The van der Waals surface area contributed by atoms with E-state index in [0.717, 1.165) is 70.0 Å². The number of hydrogen-bond acceptors (Lipinski definition) is 5. The molecule has 0 bridgehead atoms. The van der Waals surface area contributed by atoms with Crippen LogP contribution < -0.4 is 9.47 Å². The van der Waals surface area contributed by atoms with Gasteiger partial charge in [-0.3, -0.25) is 0 Å². The molecule has 1 N–H and O–H groups in total. The molecule has 2 aromatic carbocycles. The van der Waals surface area contributed by atoms with Crippen LogP contribution in [0.4, 0.5) is 0 Å². The summed E-state index contributed by atoms with van der Waals surface area (Å²) in [7, 11) is 3.35. The summed E-state index contributed by atoms with van der Waals surface area (Å²) in [4.78, 5) is 5.11. The first kappa shape index (κ1) is 26.4. The average Bonchev–Trinajstić information content (AvgIpc) is 2.74. The standard InChI is InChI=1S/C23H32N2O3.2ClH/c1-27-22-10-7-20(18-23(22)28-2)11-13-25-16-14-24(15-17-25)12-3-4-19-5-8-21(26)9-6-19;;/h5-10,18,26H,3-4,11-17H2,1-2H3;2*1H. The summed E-state index contributed by atoms with van der Waals surface area (Å²) in [6.45, 7) is 6.77. The van der Waals surface area contributed by atoms with Gasteiger partial charge in [0, 0.05) is 32.7 Å². The van der Waals surface area contributed by atoms with Crippen molar-refractivity contribution >= 4 is 24.8 Å². The maximum atomic E-state index is 9.35. The molecular weight excluding hydrogens is 423 g/mol. The number of halogens is 2. The van der Waals surface area contributed by atoms with Gasteiger partial charge in [-0.1, -0.05) is 18.2 Å². The van der Waals surface area contributed by atoms with Crippen LogP contribution in [0.25, 0.3) is 0 Å². The lowest BCUT2D eigenvalue weighted by Crippen LogP contribution is -2.47. The molecule has 1 aliphatic rings. The molecule has 1 aliphatic heterocycles. The van der Waals surface area contributed by atoms with Crippen molar-refractivity contribution in [1.82, 2.24) is 9.80 Å². The Bertz CT molecular complexity index is 736. The Kier molecular flexibility index (Phi) is 12.0. The molecule has 0 aliphatic carbocycles. The highest BCUT2D eigenvalue weighted by atomic mass is 35.5. The summed E-state index contributed by atoms with van der Waals surface area (Å²) in [5.74, 6) is 1.93. The minimum atomic E-state index is 0. The van der Waals surface area contributed by atoms with Gasteiger partial charge in [-0.2, -0.15) is 0 Å². The lowest BCUT2D eigenvalue weighted by molar-refractivity contribution is 0.132. The van der Waals surface area contributed by atoms with Gasteiger partial charge in [0.05, 0.1) is 14.2 Å². The van der Waals surface area contributed by atoms with Crippen LogP contribution in [-0.2, 0) is 12.8 Å². The largest absolute Gasteiger partial charge is 0.508 e.